The molecule has 4 amide bonds. The molecule has 2 fully saturated rings. The van der Waals surface area contributed by atoms with Crippen LogP contribution < -0.4 is 11.1 Å². The molecule has 0 saturated carbocycles. The highest BCUT2D eigenvalue weighted by Gasteiger charge is 2.38. The molecule has 1 unspecified atom stereocenters. The molecule has 0 spiro atoms. The Bertz CT molecular complexity index is 588. The molecule has 9 heteroatoms. The van der Waals surface area contributed by atoms with Gasteiger partial charge in [-0.2, -0.15) is 0 Å². The number of nitrogens with zero attached hydrogens (tertiary/aromatic N) is 2. The minimum Gasteiger partial charge on any atom is -0.469 e. The average Bonchev–Trinajstić information content (AvgIpc) is 3.01. The van der Waals surface area contributed by atoms with E-state index in [1.807, 2.05) is 6.92 Å². The van der Waals surface area contributed by atoms with Crippen LogP contribution in [0.1, 0.15) is 39.5 Å². The van der Waals surface area contributed by atoms with Gasteiger partial charge in [0.15, 0.2) is 0 Å². The van der Waals surface area contributed by atoms with Gasteiger partial charge < -0.3 is 25.6 Å². The molecule has 9 nitrogen and oxygen atoms in total. The van der Waals surface area contributed by atoms with E-state index < -0.39 is 17.9 Å². The molecule has 0 radical (unpaired) electrons. The molecule has 27 heavy (non-hydrogen) atoms. The van der Waals surface area contributed by atoms with E-state index in [1.54, 1.807) is 16.7 Å². The van der Waals surface area contributed by atoms with Gasteiger partial charge in [-0.3, -0.25) is 14.4 Å². The lowest BCUT2D eigenvalue weighted by Gasteiger charge is -2.32. The number of likely N-dealkylation sites (tertiary alicyclic amines) is 2. The number of methoxy groups -OCH3 is 1. The van der Waals surface area contributed by atoms with Crippen LogP contribution in [0.3, 0.4) is 0 Å². The summed E-state index contributed by atoms with van der Waals surface area (Å²) in [5.74, 6) is -1.13. The first-order chi connectivity index (χ1) is 12.7. The van der Waals surface area contributed by atoms with Gasteiger partial charge in [0.1, 0.15) is 0 Å². The van der Waals surface area contributed by atoms with Crippen LogP contribution >= 0.6 is 0 Å². The standard InChI is InChI=1S/C18H30N4O5/c1-11(10-15(23)27-3)17(25)22-9-6-14(12(22)2)20-16(24)13-4-7-21(8-5-13)18(19)26/h11-14H,4-10H2,1-3H3,(H2,19,26)(H,20,24)/t11?,12-,14+/m1/s1. The SMILES string of the molecule is COC(=O)CC(C)C(=O)N1CC[C@H](NC(=O)C2CCN(C(N)=O)CC2)[C@H]1C. The average molecular weight is 382 g/mol. The Balaban J connectivity index is 1.85. The van der Waals surface area contributed by atoms with Crippen LogP contribution in [0.25, 0.3) is 0 Å². The number of amides is 4. The third-order valence-corrected chi connectivity index (χ3v) is 5.67. The Morgan fingerprint density at radius 3 is 2.33 bits per heavy atom. The number of hydrogen-bond acceptors (Lipinski definition) is 5. The molecule has 2 heterocycles. The van der Waals surface area contributed by atoms with Crippen LogP contribution in [0.2, 0.25) is 0 Å². The first kappa shape index (κ1) is 21.0. The Morgan fingerprint density at radius 1 is 1.15 bits per heavy atom. The molecule has 0 aromatic rings. The minimum absolute atomic E-state index is 0.0344. The van der Waals surface area contributed by atoms with E-state index >= 15 is 0 Å². The first-order valence-electron chi connectivity index (χ1n) is 9.46. The van der Waals surface area contributed by atoms with Crippen LogP contribution in [0, 0.1) is 11.8 Å². The summed E-state index contributed by atoms with van der Waals surface area (Å²) in [6, 6.07) is -0.693. The topological polar surface area (TPSA) is 122 Å². The second kappa shape index (κ2) is 9.05. The molecule has 152 valence electrons. The van der Waals surface area contributed by atoms with E-state index in [9.17, 15) is 19.2 Å². The highest BCUT2D eigenvalue weighted by Crippen LogP contribution is 2.23. The summed E-state index contributed by atoms with van der Waals surface area (Å²) >= 11 is 0. The maximum Gasteiger partial charge on any atom is 0.314 e. The van der Waals surface area contributed by atoms with Gasteiger partial charge in [0, 0.05) is 37.5 Å². The lowest BCUT2D eigenvalue weighted by atomic mass is 9.95. The molecule has 2 saturated heterocycles. The summed E-state index contributed by atoms with van der Waals surface area (Å²) in [4.78, 5) is 51.0. The number of ether oxygens (including phenoxy) is 1. The van der Waals surface area contributed by atoms with E-state index in [0.29, 0.717) is 38.9 Å². The summed E-state index contributed by atoms with van der Waals surface area (Å²) in [6.07, 6.45) is 1.92. The van der Waals surface area contributed by atoms with Crippen LogP contribution in [0.4, 0.5) is 4.79 Å². The zero-order chi connectivity index (χ0) is 20.1. The van der Waals surface area contributed by atoms with Crippen molar-refractivity contribution in [3.05, 3.63) is 0 Å². The molecular formula is C18H30N4O5. The van der Waals surface area contributed by atoms with E-state index in [1.165, 1.54) is 7.11 Å². The Labute approximate surface area is 159 Å². The van der Waals surface area contributed by atoms with Crippen LogP contribution in [0.15, 0.2) is 0 Å². The number of carbonyl (C=O) groups is 4. The summed E-state index contributed by atoms with van der Waals surface area (Å²) in [5, 5.41) is 3.06. The molecule has 3 N–H and O–H groups in total. The van der Waals surface area contributed by atoms with E-state index in [2.05, 4.69) is 10.1 Å². The van der Waals surface area contributed by atoms with Gasteiger partial charge in [0.2, 0.25) is 11.8 Å². The van der Waals surface area contributed by atoms with Crippen LogP contribution in [-0.4, -0.2) is 72.4 Å². The number of piperidine rings is 1. The van der Waals surface area contributed by atoms with Gasteiger partial charge in [0.25, 0.3) is 0 Å². The Hall–Kier alpha value is -2.32. The predicted molar refractivity (Wildman–Crippen MR) is 97.4 cm³/mol. The smallest absolute Gasteiger partial charge is 0.314 e. The zero-order valence-electron chi connectivity index (χ0n) is 16.3. The minimum atomic E-state index is -0.451. The fourth-order valence-corrected chi connectivity index (χ4v) is 3.81. The Kier molecular flexibility index (Phi) is 7.04. The maximum atomic E-state index is 12.6. The second-order valence-electron chi connectivity index (χ2n) is 7.46. The van der Waals surface area contributed by atoms with E-state index in [-0.39, 0.29) is 36.2 Å². The molecular weight excluding hydrogens is 352 g/mol. The van der Waals surface area contributed by atoms with Crippen molar-refractivity contribution in [2.24, 2.45) is 17.6 Å². The normalized spacial score (nSPS) is 24.4. The van der Waals surface area contributed by atoms with Gasteiger partial charge >= 0.3 is 12.0 Å². The number of rotatable bonds is 5. The predicted octanol–water partition coefficient (Wildman–Crippen LogP) is 0.0819. The molecule has 3 atom stereocenters. The van der Waals surface area contributed by atoms with Gasteiger partial charge in [0.05, 0.1) is 19.6 Å². The number of nitrogens with one attached hydrogen (secondary N) is 1. The number of esters is 1. The number of nitrogens with two attached hydrogens (primary N) is 1. The van der Waals surface area contributed by atoms with Crippen LogP contribution in [0.5, 0.6) is 0 Å². The summed E-state index contributed by atoms with van der Waals surface area (Å²) in [6.45, 7) is 5.16. The summed E-state index contributed by atoms with van der Waals surface area (Å²) in [5.41, 5.74) is 5.27. The van der Waals surface area contributed by atoms with Crippen molar-refractivity contribution < 1.29 is 23.9 Å². The van der Waals surface area contributed by atoms with Gasteiger partial charge in [-0.05, 0) is 26.2 Å². The maximum absolute atomic E-state index is 12.6. The zero-order valence-corrected chi connectivity index (χ0v) is 16.3. The number of primary amides is 1. The molecule has 2 rings (SSSR count). The molecule has 0 bridgehead atoms. The van der Waals surface area contributed by atoms with Crippen molar-refractivity contribution in [2.75, 3.05) is 26.7 Å². The number of carbonyl (C=O) groups excluding carboxylic acids is 4. The first-order valence-corrected chi connectivity index (χ1v) is 9.46. The molecule has 2 aliphatic heterocycles. The third kappa shape index (κ3) is 5.11. The summed E-state index contributed by atoms with van der Waals surface area (Å²) in [7, 11) is 1.30. The van der Waals surface area contributed by atoms with Gasteiger partial charge in [-0.25, -0.2) is 4.79 Å². The number of hydrogen-bond donors (Lipinski definition) is 2. The highest BCUT2D eigenvalue weighted by atomic mass is 16.5. The Morgan fingerprint density at radius 2 is 1.78 bits per heavy atom. The van der Waals surface area contributed by atoms with Crippen molar-refractivity contribution in [2.45, 2.75) is 51.6 Å². The van der Waals surface area contributed by atoms with E-state index in [4.69, 9.17) is 5.73 Å². The van der Waals surface area contributed by atoms with Crippen molar-refractivity contribution in [3.8, 4) is 0 Å². The van der Waals surface area contributed by atoms with Crippen molar-refractivity contribution in [3.63, 3.8) is 0 Å². The van der Waals surface area contributed by atoms with Gasteiger partial charge in [-0.15, -0.1) is 0 Å². The molecule has 0 aromatic heterocycles. The monoisotopic (exact) mass is 382 g/mol. The fourth-order valence-electron chi connectivity index (χ4n) is 3.81. The second-order valence-corrected chi connectivity index (χ2v) is 7.46. The van der Waals surface area contributed by atoms with E-state index in [0.717, 1.165) is 0 Å². The quantitative estimate of drug-likeness (QED) is 0.652. The lowest BCUT2D eigenvalue weighted by molar-refractivity contribution is -0.146. The molecule has 0 aromatic carbocycles. The van der Waals surface area contributed by atoms with Gasteiger partial charge in [-0.1, -0.05) is 6.92 Å². The number of urea groups is 1. The van der Waals surface area contributed by atoms with Crippen LogP contribution in [-0.2, 0) is 19.1 Å². The van der Waals surface area contributed by atoms with Crippen molar-refractivity contribution in [1.82, 2.24) is 15.1 Å². The van der Waals surface area contributed by atoms with Crippen molar-refractivity contribution >= 4 is 23.8 Å². The third-order valence-electron chi connectivity index (χ3n) is 5.67. The highest BCUT2D eigenvalue weighted by molar-refractivity contribution is 5.84. The molecule has 0 aliphatic carbocycles. The molecule has 2 aliphatic rings. The van der Waals surface area contributed by atoms with Crippen molar-refractivity contribution in [1.29, 1.82) is 0 Å². The lowest BCUT2D eigenvalue weighted by Crippen LogP contribution is -2.50. The fraction of sp³-hybridized carbons (Fsp3) is 0.778. The summed E-state index contributed by atoms with van der Waals surface area (Å²) < 4.78 is 4.62. The largest absolute Gasteiger partial charge is 0.469 e.